The molecule has 7 heteroatoms. The molecule has 1 fully saturated rings. The molecule has 0 bridgehead atoms. The first kappa shape index (κ1) is 19.1. The first-order valence-corrected chi connectivity index (χ1v) is 9.94. The summed E-state index contributed by atoms with van der Waals surface area (Å²) < 4.78 is 6.15. The Morgan fingerprint density at radius 3 is 2.52 bits per heavy atom. The molecule has 3 N–H and O–H groups in total. The molecule has 1 aliphatic heterocycles. The van der Waals surface area contributed by atoms with Crippen LogP contribution < -0.4 is 15.4 Å². The summed E-state index contributed by atoms with van der Waals surface area (Å²) in [6, 6.07) is 12.1. The summed E-state index contributed by atoms with van der Waals surface area (Å²) in [4.78, 5) is 9.21. The Hall–Kier alpha value is -3.19. The largest absolute Gasteiger partial charge is 0.474 e. The second kappa shape index (κ2) is 8.87. The number of nitrogens with one attached hydrogen (secondary N) is 3. The molecule has 1 aliphatic rings. The van der Waals surface area contributed by atoms with Crippen molar-refractivity contribution in [3.05, 3.63) is 59.0 Å². The van der Waals surface area contributed by atoms with Gasteiger partial charge in [-0.25, -0.2) is 4.98 Å². The molecule has 1 aromatic carbocycles. The van der Waals surface area contributed by atoms with Gasteiger partial charge in [-0.2, -0.15) is 10.1 Å². The third-order valence-corrected chi connectivity index (χ3v) is 4.76. The molecule has 4 rings (SSSR count). The highest BCUT2D eigenvalue weighted by Crippen LogP contribution is 2.21. The van der Waals surface area contributed by atoms with Crippen LogP contribution in [-0.4, -0.2) is 39.4 Å². The van der Waals surface area contributed by atoms with Crippen molar-refractivity contribution in [2.75, 3.05) is 18.4 Å². The Balaban J connectivity index is 1.58. The summed E-state index contributed by atoms with van der Waals surface area (Å²) in [6.07, 6.45) is 6.02. The Bertz CT molecular complexity index is 973. The molecule has 0 atom stereocenters. The number of aromatic nitrogens is 4. The van der Waals surface area contributed by atoms with Gasteiger partial charge in [0.05, 0.1) is 0 Å². The summed E-state index contributed by atoms with van der Waals surface area (Å²) in [5.74, 6) is 2.53. The molecular formula is C22H26N6O. The van der Waals surface area contributed by atoms with Crippen LogP contribution in [0, 0.1) is 13.8 Å². The van der Waals surface area contributed by atoms with E-state index in [0.29, 0.717) is 23.3 Å². The second-order valence-electron chi connectivity index (χ2n) is 7.32. The van der Waals surface area contributed by atoms with E-state index >= 15 is 0 Å². The minimum atomic E-state index is 0.167. The van der Waals surface area contributed by atoms with Gasteiger partial charge in [0.15, 0.2) is 11.6 Å². The lowest BCUT2D eigenvalue weighted by molar-refractivity contribution is 0.155. The van der Waals surface area contributed by atoms with Crippen LogP contribution >= 0.6 is 0 Å². The third-order valence-electron chi connectivity index (χ3n) is 4.76. The zero-order valence-corrected chi connectivity index (χ0v) is 16.8. The van der Waals surface area contributed by atoms with Crippen LogP contribution in [-0.2, 0) is 0 Å². The minimum absolute atomic E-state index is 0.167. The first-order chi connectivity index (χ1) is 14.1. The van der Waals surface area contributed by atoms with E-state index in [2.05, 4.69) is 62.0 Å². The van der Waals surface area contributed by atoms with Gasteiger partial charge in [0, 0.05) is 17.8 Å². The van der Waals surface area contributed by atoms with Crippen LogP contribution in [0.1, 0.15) is 35.5 Å². The molecule has 0 unspecified atom stereocenters. The predicted molar refractivity (Wildman–Crippen MR) is 115 cm³/mol. The maximum absolute atomic E-state index is 6.15. The van der Waals surface area contributed by atoms with Gasteiger partial charge in [-0.1, -0.05) is 35.9 Å². The van der Waals surface area contributed by atoms with Gasteiger partial charge >= 0.3 is 0 Å². The number of H-pyrrole nitrogens is 1. The molecule has 150 valence electrons. The minimum Gasteiger partial charge on any atom is -0.474 e. The Labute approximate surface area is 170 Å². The van der Waals surface area contributed by atoms with E-state index in [9.17, 15) is 0 Å². The number of hydrogen-bond donors (Lipinski definition) is 3. The van der Waals surface area contributed by atoms with Crippen molar-refractivity contribution in [3.8, 4) is 5.88 Å². The van der Waals surface area contributed by atoms with Crippen LogP contribution in [0.4, 0.5) is 11.6 Å². The van der Waals surface area contributed by atoms with Crippen LogP contribution in [0.2, 0.25) is 0 Å². The fraction of sp³-hybridized carbons (Fsp3) is 0.318. The zero-order valence-electron chi connectivity index (χ0n) is 16.8. The SMILES string of the molecule is Cc1ccc(/C=C/c2nc(Nc3cc(C)[nH]n3)cc(OC3CCNCC3)n2)cc1. The van der Waals surface area contributed by atoms with E-state index < -0.39 is 0 Å². The van der Waals surface area contributed by atoms with Gasteiger partial charge < -0.3 is 15.4 Å². The van der Waals surface area contributed by atoms with E-state index in [-0.39, 0.29) is 6.10 Å². The molecule has 0 saturated carbocycles. The van der Waals surface area contributed by atoms with Crippen molar-refractivity contribution in [1.29, 1.82) is 0 Å². The van der Waals surface area contributed by atoms with Gasteiger partial charge in [0.2, 0.25) is 5.88 Å². The molecule has 0 amide bonds. The number of piperidine rings is 1. The molecular weight excluding hydrogens is 364 g/mol. The molecule has 0 spiro atoms. The normalized spacial score (nSPS) is 15.0. The van der Waals surface area contributed by atoms with E-state index in [1.165, 1.54) is 5.56 Å². The highest BCUT2D eigenvalue weighted by Gasteiger charge is 2.16. The van der Waals surface area contributed by atoms with Crippen molar-refractivity contribution >= 4 is 23.8 Å². The van der Waals surface area contributed by atoms with Crippen LogP contribution in [0.3, 0.4) is 0 Å². The molecule has 3 heterocycles. The monoisotopic (exact) mass is 390 g/mol. The molecule has 1 saturated heterocycles. The number of aryl methyl sites for hydroxylation is 2. The molecule has 7 nitrogen and oxygen atoms in total. The van der Waals surface area contributed by atoms with E-state index in [1.807, 2.05) is 31.2 Å². The average Bonchev–Trinajstić information content (AvgIpc) is 3.13. The number of aromatic amines is 1. The summed E-state index contributed by atoms with van der Waals surface area (Å²) in [6.45, 7) is 5.97. The summed E-state index contributed by atoms with van der Waals surface area (Å²) in [5, 5.41) is 13.7. The molecule has 0 radical (unpaired) electrons. The Morgan fingerprint density at radius 1 is 1.00 bits per heavy atom. The van der Waals surface area contributed by atoms with Gasteiger partial charge in [0.1, 0.15) is 11.9 Å². The Morgan fingerprint density at radius 2 is 1.79 bits per heavy atom. The van der Waals surface area contributed by atoms with Crippen molar-refractivity contribution in [2.45, 2.75) is 32.8 Å². The Kier molecular flexibility index (Phi) is 5.86. The van der Waals surface area contributed by atoms with Gasteiger partial charge in [0.25, 0.3) is 0 Å². The van der Waals surface area contributed by atoms with Crippen LogP contribution in [0.25, 0.3) is 12.2 Å². The fourth-order valence-electron chi connectivity index (χ4n) is 3.19. The van der Waals surface area contributed by atoms with Crippen molar-refractivity contribution < 1.29 is 4.74 Å². The number of anilines is 2. The highest BCUT2D eigenvalue weighted by molar-refractivity contribution is 5.68. The topological polar surface area (TPSA) is 87.8 Å². The van der Waals surface area contributed by atoms with Crippen molar-refractivity contribution in [2.24, 2.45) is 0 Å². The average molecular weight is 390 g/mol. The highest BCUT2D eigenvalue weighted by atomic mass is 16.5. The maximum atomic E-state index is 6.15. The number of ether oxygens (including phenoxy) is 1. The lowest BCUT2D eigenvalue weighted by atomic mass is 10.1. The number of hydrogen-bond acceptors (Lipinski definition) is 6. The fourth-order valence-corrected chi connectivity index (χ4v) is 3.19. The van der Waals surface area contributed by atoms with Crippen LogP contribution in [0.5, 0.6) is 5.88 Å². The summed E-state index contributed by atoms with van der Waals surface area (Å²) in [5.41, 5.74) is 3.31. The predicted octanol–water partition coefficient (Wildman–Crippen LogP) is 3.86. The smallest absolute Gasteiger partial charge is 0.219 e. The van der Waals surface area contributed by atoms with Gasteiger partial charge in [-0.05, 0) is 51.4 Å². The van der Waals surface area contributed by atoms with Crippen molar-refractivity contribution in [1.82, 2.24) is 25.5 Å². The van der Waals surface area contributed by atoms with Gasteiger partial charge in [-0.3, -0.25) is 5.10 Å². The van der Waals surface area contributed by atoms with E-state index in [4.69, 9.17) is 4.74 Å². The number of benzene rings is 1. The summed E-state index contributed by atoms with van der Waals surface area (Å²) >= 11 is 0. The molecule has 29 heavy (non-hydrogen) atoms. The van der Waals surface area contributed by atoms with E-state index in [0.717, 1.165) is 37.2 Å². The maximum Gasteiger partial charge on any atom is 0.219 e. The standard InChI is InChI=1S/C22H26N6O/c1-15-3-5-17(6-4-15)7-8-19-24-20(25-21-13-16(2)27-28-21)14-22(26-19)29-18-9-11-23-12-10-18/h3-8,13-14,18,23H,9-12H2,1-2H3,(H2,24,25,26,27,28)/b8-7+. The van der Waals surface area contributed by atoms with E-state index in [1.54, 1.807) is 0 Å². The first-order valence-electron chi connectivity index (χ1n) is 9.94. The summed E-state index contributed by atoms with van der Waals surface area (Å²) in [7, 11) is 0. The second-order valence-corrected chi connectivity index (χ2v) is 7.32. The zero-order chi connectivity index (χ0) is 20.1. The molecule has 3 aromatic rings. The molecule has 0 aliphatic carbocycles. The third kappa shape index (κ3) is 5.42. The lowest BCUT2D eigenvalue weighted by Crippen LogP contribution is -2.34. The van der Waals surface area contributed by atoms with Crippen molar-refractivity contribution in [3.63, 3.8) is 0 Å². The number of rotatable bonds is 6. The molecule has 2 aromatic heterocycles. The van der Waals surface area contributed by atoms with Gasteiger partial charge in [-0.15, -0.1) is 0 Å². The number of nitrogens with zero attached hydrogens (tertiary/aromatic N) is 3. The quantitative estimate of drug-likeness (QED) is 0.592. The lowest BCUT2D eigenvalue weighted by Gasteiger charge is -2.23. The van der Waals surface area contributed by atoms with Crippen LogP contribution in [0.15, 0.2) is 36.4 Å².